The van der Waals surface area contributed by atoms with Gasteiger partial charge in [0.1, 0.15) is 0 Å². The lowest BCUT2D eigenvalue weighted by atomic mass is 9.96. The van der Waals surface area contributed by atoms with Gasteiger partial charge in [0.05, 0.1) is 10.4 Å². The lowest BCUT2D eigenvalue weighted by Gasteiger charge is -2.22. The molecular weight excluding hydrogens is 266 g/mol. The van der Waals surface area contributed by atoms with Gasteiger partial charge in [0, 0.05) is 5.69 Å². The number of nitrogens with two attached hydrogens (primary N) is 2. The first-order chi connectivity index (χ1) is 8.66. The summed E-state index contributed by atoms with van der Waals surface area (Å²) in [7, 11) is -3.72. The second kappa shape index (κ2) is 5.68. The molecule has 0 aliphatic carbocycles. The molecule has 0 saturated heterocycles. The van der Waals surface area contributed by atoms with E-state index >= 15 is 0 Å². The predicted molar refractivity (Wildman–Crippen MR) is 73.9 cm³/mol. The van der Waals surface area contributed by atoms with E-state index in [0.29, 0.717) is 12.1 Å². The average molecular weight is 285 g/mol. The zero-order valence-corrected chi connectivity index (χ0v) is 11.8. The summed E-state index contributed by atoms with van der Waals surface area (Å²) >= 11 is 0. The smallest absolute Gasteiger partial charge is 0.244 e. The summed E-state index contributed by atoms with van der Waals surface area (Å²) < 4.78 is 22.2. The third-order valence-electron chi connectivity index (χ3n) is 2.73. The molecule has 0 bridgehead atoms. The van der Waals surface area contributed by atoms with Crippen molar-refractivity contribution in [3.63, 3.8) is 0 Å². The molecule has 1 rings (SSSR count). The monoisotopic (exact) mass is 285 g/mol. The number of amides is 1. The topological polar surface area (TPSA) is 115 Å². The lowest BCUT2D eigenvalue weighted by molar-refractivity contribution is -0.120. The van der Waals surface area contributed by atoms with Gasteiger partial charge in [0.25, 0.3) is 0 Å². The molecule has 6 nitrogen and oxygen atoms in total. The molecule has 0 aliphatic rings. The number of carbonyl (C=O) groups excluding carboxylic acids is 1. The van der Waals surface area contributed by atoms with E-state index in [1.807, 2.05) is 6.92 Å². The first-order valence-corrected chi connectivity index (χ1v) is 7.44. The van der Waals surface area contributed by atoms with Gasteiger partial charge in [-0.3, -0.25) is 4.79 Å². The minimum absolute atomic E-state index is 0.00503. The number of hydrogen-bond donors (Lipinski definition) is 3. The number of nitrogens with one attached hydrogen (secondary N) is 1. The van der Waals surface area contributed by atoms with Gasteiger partial charge in [-0.2, -0.15) is 0 Å². The second-order valence-electron chi connectivity index (χ2n) is 4.69. The predicted octanol–water partition coefficient (Wildman–Crippen LogP) is 0.790. The van der Waals surface area contributed by atoms with Gasteiger partial charge in [-0.25, -0.2) is 13.6 Å². The standard InChI is InChI=1S/C12H19N3O3S/c1-3-8-12(2,13)11(16)15-9-4-6-10(7-5-9)19(14,17)18/h4-7H,3,8,13H2,1-2H3,(H,15,16)(H2,14,17,18). The minimum atomic E-state index is -3.72. The first kappa shape index (κ1) is 15.6. The van der Waals surface area contributed by atoms with Crippen LogP contribution in [0, 0.1) is 0 Å². The first-order valence-electron chi connectivity index (χ1n) is 5.90. The van der Waals surface area contributed by atoms with Crippen LogP contribution in [0.1, 0.15) is 26.7 Å². The molecule has 0 radical (unpaired) electrons. The number of primary sulfonamides is 1. The van der Waals surface area contributed by atoms with Gasteiger partial charge in [-0.1, -0.05) is 13.3 Å². The van der Waals surface area contributed by atoms with Crippen molar-refractivity contribution < 1.29 is 13.2 Å². The molecule has 1 aromatic carbocycles. The summed E-state index contributed by atoms with van der Waals surface area (Å²) in [4.78, 5) is 11.9. The van der Waals surface area contributed by atoms with Crippen molar-refractivity contribution in [2.24, 2.45) is 10.9 Å². The molecule has 5 N–H and O–H groups in total. The lowest BCUT2D eigenvalue weighted by Crippen LogP contribution is -2.48. The molecule has 0 aliphatic heterocycles. The van der Waals surface area contributed by atoms with Crippen molar-refractivity contribution in [1.29, 1.82) is 0 Å². The summed E-state index contributed by atoms with van der Waals surface area (Å²) in [6, 6.07) is 5.61. The van der Waals surface area contributed by atoms with Crippen LogP contribution in [0.3, 0.4) is 0 Å². The van der Waals surface area contributed by atoms with E-state index in [1.165, 1.54) is 24.3 Å². The van der Waals surface area contributed by atoms with E-state index in [2.05, 4.69) is 5.32 Å². The summed E-state index contributed by atoms with van der Waals surface area (Å²) in [5.41, 5.74) is 5.42. The van der Waals surface area contributed by atoms with Crippen LogP contribution < -0.4 is 16.2 Å². The third kappa shape index (κ3) is 4.30. The van der Waals surface area contributed by atoms with E-state index in [1.54, 1.807) is 6.92 Å². The second-order valence-corrected chi connectivity index (χ2v) is 6.25. The molecule has 0 heterocycles. The largest absolute Gasteiger partial charge is 0.325 e. The van der Waals surface area contributed by atoms with Crippen LogP contribution in [0.2, 0.25) is 0 Å². The minimum Gasteiger partial charge on any atom is -0.325 e. The van der Waals surface area contributed by atoms with Crippen LogP contribution in [0.15, 0.2) is 29.2 Å². The van der Waals surface area contributed by atoms with Gasteiger partial charge >= 0.3 is 0 Å². The molecule has 106 valence electrons. The Morgan fingerprint density at radius 1 is 1.32 bits per heavy atom. The maximum atomic E-state index is 11.9. The Morgan fingerprint density at radius 2 is 1.84 bits per heavy atom. The van der Waals surface area contributed by atoms with Crippen molar-refractivity contribution >= 4 is 21.6 Å². The zero-order chi connectivity index (χ0) is 14.7. The SMILES string of the molecule is CCCC(C)(N)C(=O)Nc1ccc(S(N)(=O)=O)cc1. The molecule has 0 aromatic heterocycles. The molecule has 0 spiro atoms. The average Bonchev–Trinajstić information content (AvgIpc) is 2.28. The Kier molecular flexibility index (Phi) is 4.67. The van der Waals surface area contributed by atoms with E-state index in [0.717, 1.165) is 6.42 Å². The van der Waals surface area contributed by atoms with Crippen LogP contribution >= 0.6 is 0 Å². The molecule has 0 saturated carbocycles. The summed E-state index contributed by atoms with van der Waals surface area (Å²) in [6.07, 6.45) is 1.36. The Labute approximate surface area is 113 Å². The van der Waals surface area contributed by atoms with Gasteiger partial charge in [0.2, 0.25) is 15.9 Å². The number of benzene rings is 1. The Morgan fingerprint density at radius 3 is 2.26 bits per heavy atom. The highest BCUT2D eigenvalue weighted by atomic mass is 32.2. The van der Waals surface area contributed by atoms with Crippen molar-refractivity contribution in [2.45, 2.75) is 37.1 Å². The number of carbonyl (C=O) groups is 1. The van der Waals surface area contributed by atoms with E-state index in [-0.39, 0.29) is 10.8 Å². The van der Waals surface area contributed by atoms with E-state index < -0.39 is 15.6 Å². The number of rotatable bonds is 5. The van der Waals surface area contributed by atoms with Crippen LogP contribution in [-0.2, 0) is 14.8 Å². The van der Waals surface area contributed by atoms with Crippen LogP contribution in [-0.4, -0.2) is 19.9 Å². The zero-order valence-electron chi connectivity index (χ0n) is 11.0. The Balaban J connectivity index is 2.82. The summed E-state index contributed by atoms with van der Waals surface area (Å²) in [5.74, 6) is -0.308. The molecule has 1 unspecified atom stereocenters. The number of hydrogen-bond acceptors (Lipinski definition) is 4. The molecule has 1 amide bonds. The van der Waals surface area contributed by atoms with Gasteiger partial charge in [-0.15, -0.1) is 0 Å². The molecular formula is C12H19N3O3S. The fourth-order valence-corrected chi connectivity index (χ4v) is 2.15. The van der Waals surface area contributed by atoms with Crippen LogP contribution in [0.5, 0.6) is 0 Å². The van der Waals surface area contributed by atoms with Crippen molar-refractivity contribution in [2.75, 3.05) is 5.32 Å². The fraction of sp³-hybridized carbons (Fsp3) is 0.417. The third-order valence-corrected chi connectivity index (χ3v) is 3.66. The molecule has 7 heteroatoms. The van der Waals surface area contributed by atoms with Crippen LogP contribution in [0.25, 0.3) is 0 Å². The normalized spacial score (nSPS) is 14.7. The summed E-state index contributed by atoms with van der Waals surface area (Å²) in [6.45, 7) is 3.60. The van der Waals surface area contributed by atoms with E-state index in [4.69, 9.17) is 10.9 Å². The van der Waals surface area contributed by atoms with Crippen LogP contribution in [0.4, 0.5) is 5.69 Å². The highest BCUT2D eigenvalue weighted by molar-refractivity contribution is 7.89. The van der Waals surface area contributed by atoms with Crippen molar-refractivity contribution in [3.05, 3.63) is 24.3 Å². The van der Waals surface area contributed by atoms with E-state index in [9.17, 15) is 13.2 Å². The number of anilines is 1. The maximum Gasteiger partial charge on any atom is 0.244 e. The number of sulfonamides is 1. The molecule has 1 aromatic rings. The molecule has 19 heavy (non-hydrogen) atoms. The Hall–Kier alpha value is -1.44. The molecule has 0 fully saturated rings. The quantitative estimate of drug-likeness (QED) is 0.741. The Bertz CT molecular complexity index is 550. The van der Waals surface area contributed by atoms with Crippen molar-refractivity contribution in [3.8, 4) is 0 Å². The summed E-state index contributed by atoms with van der Waals surface area (Å²) in [5, 5.41) is 7.63. The van der Waals surface area contributed by atoms with Gasteiger partial charge < -0.3 is 11.1 Å². The van der Waals surface area contributed by atoms with Crippen molar-refractivity contribution in [1.82, 2.24) is 0 Å². The maximum absolute atomic E-state index is 11.9. The van der Waals surface area contributed by atoms with Gasteiger partial charge in [0.15, 0.2) is 0 Å². The highest BCUT2D eigenvalue weighted by Gasteiger charge is 2.27. The molecule has 1 atom stereocenters. The van der Waals surface area contributed by atoms with Gasteiger partial charge in [-0.05, 0) is 37.6 Å². The fourth-order valence-electron chi connectivity index (χ4n) is 1.63. The highest BCUT2D eigenvalue weighted by Crippen LogP contribution is 2.16.